The Labute approximate surface area is 128 Å². The monoisotopic (exact) mass is 365 g/mol. The SMILES string of the molecule is FC(F)(F)C(F)(F)C(F)(F)C(F)(F)C1CON=C1c1ccccc1. The van der Waals surface area contributed by atoms with Crippen LogP contribution in [0, 0.1) is 5.92 Å². The molecule has 0 saturated carbocycles. The van der Waals surface area contributed by atoms with Gasteiger partial charge in [-0.2, -0.15) is 39.5 Å². The summed E-state index contributed by atoms with van der Waals surface area (Å²) in [7, 11) is 0. The largest absolute Gasteiger partial charge is 0.460 e. The lowest BCUT2D eigenvalue weighted by Crippen LogP contribution is -2.64. The number of rotatable bonds is 4. The average Bonchev–Trinajstić information content (AvgIpc) is 2.96. The number of nitrogens with zero attached hydrogens (tertiary/aromatic N) is 1. The molecule has 1 heterocycles. The third kappa shape index (κ3) is 2.59. The molecule has 0 spiro atoms. The fourth-order valence-electron chi connectivity index (χ4n) is 2.07. The highest BCUT2D eigenvalue weighted by atomic mass is 19.4. The summed E-state index contributed by atoms with van der Waals surface area (Å²) in [5.41, 5.74) is -0.996. The van der Waals surface area contributed by atoms with E-state index >= 15 is 0 Å². The van der Waals surface area contributed by atoms with E-state index in [1.807, 2.05) is 0 Å². The van der Waals surface area contributed by atoms with E-state index in [2.05, 4.69) is 9.99 Å². The van der Waals surface area contributed by atoms with Crippen molar-refractivity contribution in [2.75, 3.05) is 6.61 Å². The highest BCUT2D eigenvalue weighted by molar-refractivity contribution is 6.03. The second-order valence-corrected chi connectivity index (χ2v) is 4.96. The van der Waals surface area contributed by atoms with Crippen LogP contribution in [0.3, 0.4) is 0 Å². The maximum atomic E-state index is 14.0. The molecule has 0 radical (unpaired) electrons. The summed E-state index contributed by atoms with van der Waals surface area (Å²) in [4.78, 5) is 4.25. The van der Waals surface area contributed by atoms with Gasteiger partial charge in [0.2, 0.25) is 0 Å². The van der Waals surface area contributed by atoms with Crippen LogP contribution in [-0.2, 0) is 4.84 Å². The number of alkyl halides is 9. The van der Waals surface area contributed by atoms with Crippen LogP contribution in [0.1, 0.15) is 5.56 Å². The molecular formula is C13H8F9NO. The normalized spacial score (nSPS) is 19.9. The van der Waals surface area contributed by atoms with Crippen LogP contribution in [0.25, 0.3) is 0 Å². The molecule has 11 heteroatoms. The molecule has 2 rings (SSSR count). The van der Waals surface area contributed by atoms with Gasteiger partial charge in [-0.15, -0.1) is 0 Å². The molecule has 1 aliphatic heterocycles. The molecular weight excluding hydrogens is 357 g/mol. The van der Waals surface area contributed by atoms with Gasteiger partial charge in [0.15, 0.2) is 0 Å². The van der Waals surface area contributed by atoms with Gasteiger partial charge in [-0.25, -0.2) is 0 Å². The lowest BCUT2D eigenvalue weighted by Gasteiger charge is -2.36. The van der Waals surface area contributed by atoms with Crippen LogP contribution in [0.5, 0.6) is 0 Å². The van der Waals surface area contributed by atoms with E-state index in [1.54, 1.807) is 0 Å². The predicted octanol–water partition coefficient (Wildman–Crippen LogP) is 4.51. The molecule has 0 fully saturated rings. The Hall–Kier alpha value is -1.94. The quantitative estimate of drug-likeness (QED) is 0.720. The Morgan fingerprint density at radius 2 is 1.38 bits per heavy atom. The topological polar surface area (TPSA) is 21.6 Å². The second kappa shape index (κ2) is 5.55. The summed E-state index contributed by atoms with van der Waals surface area (Å²) in [5, 5.41) is 3.09. The van der Waals surface area contributed by atoms with Gasteiger partial charge >= 0.3 is 23.9 Å². The molecule has 1 aliphatic rings. The van der Waals surface area contributed by atoms with Gasteiger partial charge in [-0.05, 0) is 5.56 Å². The summed E-state index contributed by atoms with van der Waals surface area (Å²) < 4.78 is 117. The van der Waals surface area contributed by atoms with Gasteiger partial charge < -0.3 is 4.84 Å². The minimum absolute atomic E-state index is 0.161. The summed E-state index contributed by atoms with van der Waals surface area (Å²) in [5.74, 6) is -22.2. The van der Waals surface area contributed by atoms with Gasteiger partial charge in [-0.3, -0.25) is 0 Å². The Kier molecular flexibility index (Phi) is 4.26. The summed E-state index contributed by atoms with van der Waals surface area (Å²) in [6.07, 6.45) is -6.86. The van der Waals surface area contributed by atoms with Gasteiger partial charge in [0.05, 0.1) is 5.71 Å². The fourth-order valence-corrected chi connectivity index (χ4v) is 2.07. The van der Waals surface area contributed by atoms with E-state index in [-0.39, 0.29) is 5.56 Å². The van der Waals surface area contributed by atoms with Crippen molar-refractivity contribution in [3.8, 4) is 0 Å². The van der Waals surface area contributed by atoms with Crippen LogP contribution < -0.4 is 0 Å². The maximum Gasteiger partial charge on any atom is 0.460 e. The Morgan fingerprint density at radius 1 is 0.833 bits per heavy atom. The number of halogens is 9. The Balaban J connectivity index is 2.44. The first kappa shape index (κ1) is 18.4. The fraction of sp³-hybridized carbons (Fsp3) is 0.462. The molecule has 1 aromatic rings. The standard InChI is InChI=1S/C13H8F9NO/c14-10(15,11(16,17)12(18,19)13(20,21)22)8-6-24-23-9(8)7-4-2-1-3-5-7/h1-5,8H,6H2. The summed E-state index contributed by atoms with van der Waals surface area (Å²) >= 11 is 0. The van der Waals surface area contributed by atoms with E-state index in [0.29, 0.717) is 0 Å². The second-order valence-electron chi connectivity index (χ2n) is 4.96. The van der Waals surface area contributed by atoms with Gasteiger partial charge in [0.25, 0.3) is 0 Å². The zero-order chi connectivity index (χ0) is 18.4. The van der Waals surface area contributed by atoms with E-state index in [1.165, 1.54) is 18.2 Å². The minimum atomic E-state index is -6.94. The van der Waals surface area contributed by atoms with Crippen molar-refractivity contribution in [1.82, 2.24) is 0 Å². The highest BCUT2D eigenvalue weighted by Crippen LogP contribution is 2.56. The van der Waals surface area contributed by atoms with Crippen LogP contribution in [0.2, 0.25) is 0 Å². The zero-order valence-electron chi connectivity index (χ0n) is 11.4. The third-order valence-electron chi connectivity index (χ3n) is 3.41. The maximum absolute atomic E-state index is 14.0. The molecule has 0 amide bonds. The smallest absolute Gasteiger partial charge is 0.395 e. The van der Waals surface area contributed by atoms with E-state index in [4.69, 9.17) is 0 Å². The summed E-state index contributed by atoms with van der Waals surface area (Å²) in [6, 6.07) is 6.37. The van der Waals surface area contributed by atoms with Crippen molar-refractivity contribution in [2.45, 2.75) is 23.9 Å². The Morgan fingerprint density at radius 3 is 1.88 bits per heavy atom. The molecule has 0 aliphatic carbocycles. The molecule has 134 valence electrons. The van der Waals surface area contributed by atoms with Crippen LogP contribution >= 0.6 is 0 Å². The highest BCUT2D eigenvalue weighted by Gasteiger charge is 2.83. The first-order chi connectivity index (χ1) is 10.8. The summed E-state index contributed by atoms with van der Waals surface area (Å²) in [6.45, 7) is -1.26. The Bertz CT molecular complexity index is 624. The number of benzene rings is 1. The molecule has 1 aromatic carbocycles. The van der Waals surface area contributed by atoms with Crippen molar-refractivity contribution in [2.24, 2.45) is 11.1 Å². The zero-order valence-corrected chi connectivity index (χ0v) is 11.4. The number of hydrogen-bond acceptors (Lipinski definition) is 2. The first-order valence-electron chi connectivity index (χ1n) is 6.29. The number of oxime groups is 1. The van der Waals surface area contributed by atoms with Crippen molar-refractivity contribution in [1.29, 1.82) is 0 Å². The van der Waals surface area contributed by atoms with Crippen molar-refractivity contribution in [3.05, 3.63) is 35.9 Å². The van der Waals surface area contributed by atoms with Crippen molar-refractivity contribution in [3.63, 3.8) is 0 Å². The number of hydrogen-bond donors (Lipinski definition) is 0. The lowest BCUT2D eigenvalue weighted by molar-refractivity contribution is -0.400. The third-order valence-corrected chi connectivity index (χ3v) is 3.41. The molecule has 1 unspecified atom stereocenters. The lowest BCUT2D eigenvalue weighted by atomic mass is 9.86. The van der Waals surface area contributed by atoms with Crippen LogP contribution in [0.15, 0.2) is 35.5 Å². The molecule has 1 atom stereocenters. The van der Waals surface area contributed by atoms with Crippen LogP contribution in [-0.4, -0.2) is 36.3 Å². The van der Waals surface area contributed by atoms with Crippen molar-refractivity contribution >= 4 is 5.71 Å². The van der Waals surface area contributed by atoms with Crippen molar-refractivity contribution < 1.29 is 44.4 Å². The predicted molar refractivity (Wildman–Crippen MR) is 63.3 cm³/mol. The molecule has 2 nitrogen and oxygen atoms in total. The molecule has 24 heavy (non-hydrogen) atoms. The molecule has 0 aromatic heterocycles. The molecule has 0 saturated heterocycles. The van der Waals surface area contributed by atoms with Gasteiger partial charge in [0, 0.05) is 0 Å². The van der Waals surface area contributed by atoms with E-state index in [0.717, 1.165) is 12.1 Å². The minimum Gasteiger partial charge on any atom is -0.395 e. The van der Waals surface area contributed by atoms with Gasteiger partial charge in [-0.1, -0.05) is 35.5 Å². The van der Waals surface area contributed by atoms with Gasteiger partial charge in [0.1, 0.15) is 12.5 Å². The van der Waals surface area contributed by atoms with Crippen LogP contribution in [0.4, 0.5) is 39.5 Å². The molecule has 0 N–H and O–H groups in total. The van der Waals surface area contributed by atoms with E-state index < -0.39 is 42.2 Å². The average molecular weight is 365 g/mol. The first-order valence-corrected chi connectivity index (χ1v) is 6.29. The molecule has 0 bridgehead atoms. The van der Waals surface area contributed by atoms with E-state index in [9.17, 15) is 39.5 Å².